The van der Waals surface area contributed by atoms with Crippen LogP contribution in [0.2, 0.25) is 0 Å². The predicted molar refractivity (Wildman–Crippen MR) is 59.6 cm³/mol. The molecule has 0 aliphatic carbocycles. The van der Waals surface area contributed by atoms with E-state index in [1.165, 1.54) is 0 Å². The van der Waals surface area contributed by atoms with Crippen molar-refractivity contribution in [1.29, 1.82) is 0 Å². The molecule has 0 saturated carbocycles. The summed E-state index contributed by atoms with van der Waals surface area (Å²) >= 11 is 0. The summed E-state index contributed by atoms with van der Waals surface area (Å²) in [6, 6.07) is -0.481. The molecular formula is C11H23NO3. The molecule has 0 fully saturated rings. The third-order valence-corrected chi connectivity index (χ3v) is 2.02. The monoisotopic (exact) mass is 217 g/mol. The molecule has 0 aromatic heterocycles. The van der Waals surface area contributed by atoms with Crippen molar-refractivity contribution in [3.05, 3.63) is 0 Å². The highest BCUT2D eigenvalue weighted by molar-refractivity contribution is 5.75. The van der Waals surface area contributed by atoms with Crippen LogP contribution in [0.15, 0.2) is 0 Å². The van der Waals surface area contributed by atoms with Crippen molar-refractivity contribution in [2.45, 2.75) is 45.6 Å². The van der Waals surface area contributed by atoms with E-state index in [1.807, 2.05) is 6.92 Å². The number of unbranched alkanes of at least 4 members (excludes halogenated alkanes) is 1. The van der Waals surface area contributed by atoms with Gasteiger partial charge in [-0.25, -0.2) is 0 Å². The SMILES string of the molecule is CCCCOCCOC(=O)[C@H](N)CCC. The molecule has 15 heavy (non-hydrogen) atoms. The van der Waals surface area contributed by atoms with E-state index < -0.39 is 6.04 Å². The van der Waals surface area contributed by atoms with Crippen LogP contribution in [0.5, 0.6) is 0 Å². The second-order valence-electron chi connectivity index (χ2n) is 3.53. The van der Waals surface area contributed by atoms with Crippen LogP contribution in [0.4, 0.5) is 0 Å². The molecule has 2 N–H and O–H groups in total. The molecule has 0 heterocycles. The van der Waals surface area contributed by atoms with Gasteiger partial charge in [0.05, 0.1) is 6.61 Å². The third-order valence-electron chi connectivity index (χ3n) is 2.02. The number of hydrogen-bond acceptors (Lipinski definition) is 4. The quantitative estimate of drug-likeness (QED) is 0.469. The summed E-state index contributed by atoms with van der Waals surface area (Å²) in [4.78, 5) is 11.2. The lowest BCUT2D eigenvalue weighted by molar-refractivity contribution is -0.146. The fraction of sp³-hybridized carbons (Fsp3) is 0.909. The van der Waals surface area contributed by atoms with Crippen LogP contribution in [0.25, 0.3) is 0 Å². The van der Waals surface area contributed by atoms with Gasteiger partial charge in [-0.15, -0.1) is 0 Å². The minimum atomic E-state index is -0.481. The maximum atomic E-state index is 11.2. The van der Waals surface area contributed by atoms with E-state index in [0.717, 1.165) is 25.9 Å². The number of ether oxygens (including phenoxy) is 2. The van der Waals surface area contributed by atoms with Gasteiger partial charge in [-0.05, 0) is 12.8 Å². The number of carbonyl (C=O) groups excluding carboxylic acids is 1. The fourth-order valence-electron chi connectivity index (χ4n) is 1.09. The minimum Gasteiger partial charge on any atom is -0.462 e. The fourth-order valence-corrected chi connectivity index (χ4v) is 1.09. The van der Waals surface area contributed by atoms with Crippen molar-refractivity contribution in [2.24, 2.45) is 5.73 Å². The van der Waals surface area contributed by atoms with Gasteiger partial charge >= 0.3 is 5.97 Å². The Morgan fingerprint density at radius 3 is 2.53 bits per heavy atom. The van der Waals surface area contributed by atoms with Crippen LogP contribution in [0, 0.1) is 0 Å². The van der Waals surface area contributed by atoms with E-state index >= 15 is 0 Å². The van der Waals surface area contributed by atoms with Gasteiger partial charge in [-0.1, -0.05) is 26.7 Å². The molecule has 0 aliphatic heterocycles. The Bertz CT molecular complexity index is 162. The minimum absolute atomic E-state index is 0.306. The lowest BCUT2D eigenvalue weighted by atomic mass is 10.2. The van der Waals surface area contributed by atoms with Crippen molar-refractivity contribution in [3.8, 4) is 0 Å². The Hall–Kier alpha value is -0.610. The van der Waals surface area contributed by atoms with E-state index in [4.69, 9.17) is 15.2 Å². The van der Waals surface area contributed by atoms with E-state index in [1.54, 1.807) is 0 Å². The first-order valence-corrected chi connectivity index (χ1v) is 5.72. The van der Waals surface area contributed by atoms with Gasteiger partial charge in [0.15, 0.2) is 0 Å². The van der Waals surface area contributed by atoms with Gasteiger partial charge in [0, 0.05) is 6.61 Å². The number of esters is 1. The lowest BCUT2D eigenvalue weighted by Crippen LogP contribution is -2.32. The Labute approximate surface area is 92.1 Å². The summed E-state index contributed by atoms with van der Waals surface area (Å²) in [7, 11) is 0. The second-order valence-corrected chi connectivity index (χ2v) is 3.53. The largest absolute Gasteiger partial charge is 0.462 e. The van der Waals surface area contributed by atoms with Gasteiger partial charge in [-0.3, -0.25) is 4.79 Å². The van der Waals surface area contributed by atoms with Crippen LogP contribution in [0.1, 0.15) is 39.5 Å². The highest BCUT2D eigenvalue weighted by Gasteiger charge is 2.12. The van der Waals surface area contributed by atoms with Crippen molar-refractivity contribution < 1.29 is 14.3 Å². The molecule has 4 nitrogen and oxygen atoms in total. The molecule has 90 valence electrons. The van der Waals surface area contributed by atoms with Crippen LogP contribution in [0.3, 0.4) is 0 Å². The van der Waals surface area contributed by atoms with E-state index in [0.29, 0.717) is 19.6 Å². The lowest BCUT2D eigenvalue weighted by Gasteiger charge is -2.10. The molecule has 0 radical (unpaired) electrons. The molecule has 0 rings (SSSR count). The van der Waals surface area contributed by atoms with Crippen LogP contribution in [-0.4, -0.2) is 31.8 Å². The molecule has 0 amide bonds. The van der Waals surface area contributed by atoms with Crippen molar-refractivity contribution in [3.63, 3.8) is 0 Å². The van der Waals surface area contributed by atoms with Gasteiger partial charge in [0.1, 0.15) is 12.6 Å². The Morgan fingerprint density at radius 1 is 1.20 bits per heavy atom. The van der Waals surface area contributed by atoms with Gasteiger partial charge in [0.2, 0.25) is 0 Å². The summed E-state index contributed by atoms with van der Waals surface area (Å²) < 4.78 is 10.2. The number of carbonyl (C=O) groups is 1. The summed E-state index contributed by atoms with van der Waals surface area (Å²) in [5.74, 6) is -0.323. The molecule has 0 aromatic carbocycles. The van der Waals surface area contributed by atoms with Crippen molar-refractivity contribution in [1.82, 2.24) is 0 Å². The smallest absolute Gasteiger partial charge is 0.322 e. The molecule has 4 heteroatoms. The first-order valence-electron chi connectivity index (χ1n) is 5.72. The van der Waals surface area contributed by atoms with Crippen LogP contribution >= 0.6 is 0 Å². The molecule has 0 aliphatic rings. The summed E-state index contributed by atoms with van der Waals surface area (Å²) in [5, 5.41) is 0. The Morgan fingerprint density at radius 2 is 1.93 bits per heavy atom. The van der Waals surface area contributed by atoms with Gasteiger partial charge in [-0.2, -0.15) is 0 Å². The van der Waals surface area contributed by atoms with Crippen molar-refractivity contribution in [2.75, 3.05) is 19.8 Å². The predicted octanol–water partition coefficient (Wildman–Crippen LogP) is 1.47. The maximum absolute atomic E-state index is 11.2. The zero-order valence-corrected chi connectivity index (χ0v) is 9.83. The zero-order chi connectivity index (χ0) is 11.5. The van der Waals surface area contributed by atoms with E-state index in [9.17, 15) is 4.79 Å². The van der Waals surface area contributed by atoms with Gasteiger partial charge in [0.25, 0.3) is 0 Å². The van der Waals surface area contributed by atoms with Crippen LogP contribution < -0.4 is 5.73 Å². The first-order chi connectivity index (χ1) is 7.22. The number of nitrogens with two attached hydrogens (primary N) is 1. The second kappa shape index (κ2) is 9.93. The highest BCUT2D eigenvalue weighted by atomic mass is 16.6. The topological polar surface area (TPSA) is 61.5 Å². The highest BCUT2D eigenvalue weighted by Crippen LogP contribution is 1.96. The molecular weight excluding hydrogens is 194 g/mol. The Balaban J connectivity index is 3.30. The first kappa shape index (κ1) is 14.4. The molecule has 0 saturated heterocycles. The van der Waals surface area contributed by atoms with Gasteiger partial charge < -0.3 is 15.2 Å². The zero-order valence-electron chi connectivity index (χ0n) is 9.83. The maximum Gasteiger partial charge on any atom is 0.322 e. The molecule has 1 atom stereocenters. The summed E-state index contributed by atoms with van der Waals surface area (Å²) in [6.45, 7) is 5.59. The standard InChI is InChI=1S/C11H23NO3/c1-3-5-7-14-8-9-15-11(13)10(12)6-4-2/h10H,3-9,12H2,1-2H3/t10-/m1/s1. The van der Waals surface area contributed by atoms with Crippen molar-refractivity contribution >= 4 is 5.97 Å². The molecule has 0 spiro atoms. The Kier molecular flexibility index (Phi) is 9.52. The number of rotatable bonds is 9. The van der Waals surface area contributed by atoms with E-state index in [-0.39, 0.29) is 5.97 Å². The molecule has 0 unspecified atom stereocenters. The normalized spacial score (nSPS) is 12.5. The third kappa shape index (κ3) is 8.39. The molecule has 0 aromatic rings. The summed E-state index contributed by atoms with van der Waals surface area (Å²) in [6.07, 6.45) is 3.73. The number of hydrogen-bond donors (Lipinski definition) is 1. The molecule has 0 bridgehead atoms. The average Bonchev–Trinajstić information content (AvgIpc) is 2.23. The summed E-state index contributed by atoms with van der Waals surface area (Å²) in [5.41, 5.74) is 5.57. The van der Waals surface area contributed by atoms with E-state index in [2.05, 4.69) is 6.92 Å². The average molecular weight is 217 g/mol. The van der Waals surface area contributed by atoms with Crippen LogP contribution in [-0.2, 0) is 14.3 Å².